The van der Waals surface area contributed by atoms with Gasteiger partial charge in [-0.1, -0.05) is 49.4 Å². The maximum Gasteiger partial charge on any atom is 0.0956 e. The maximum absolute atomic E-state index is 4.77. The van der Waals surface area contributed by atoms with Crippen LogP contribution in [-0.2, 0) is 13.0 Å². The molecule has 3 rings (SSSR count). The topological polar surface area (TPSA) is 24.3 Å². The molecule has 26 heavy (non-hydrogen) atoms. The molecule has 0 atom stereocenters. The van der Waals surface area contributed by atoms with Crippen LogP contribution in [0, 0.1) is 0 Å². The zero-order chi connectivity index (χ0) is 18.2. The minimum Gasteiger partial charge on any atom is -0.333 e. The fourth-order valence-electron chi connectivity index (χ4n) is 3.52. The van der Waals surface area contributed by atoms with E-state index in [1.807, 2.05) is 6.33 Å². The average molecular weight is 353 g/mol. The lowest BCUT2D eigenvalue weighted by atomic mass is 10.1. The Morgan fingerprint density at radius 1 is 1.00 bits per heavy atom. The monoisotopic (exact) mass is 352 g/mol. The van der Waals surface area contributed by atoms with Crippen molar-refractivity contribution in [2.45, 2.75) is 32.7 Å². The van der Waals surface area contributed by atoms with Gasteiger partial charge < -0.3 is 9.47 Å². The lowest BCUT2D eigenvalue weighted by Crippen LogP contribution is -2.45. The predicted octanol–water partition coefficient (Wildman–Crippen LogP) is 3.70. The van der Waals surface area contributed by atoms with Crippen molar-refractivity contribution in [1.82, 2.24) is 19.4 Å². The maximum atomic E-state index is 4.77. The highest BCUT2D eigenvalue weighted by Crippen LogP contribution is 2.23. The van der Waals surface area contributed by atoms with Gasteiger partial charge in [-0.15, -0.1) is 0 Å². The number of piperazine rings is 1. The molecule has 2 heterocycles. The molecular formula is C22H32N4. The number of aromatic nitrogens is 2. The Morgan fingerprint density at radius 3 is 2.50 bits per heavy atom. The number of likely N-dealkylation sites (N-methyl/N-ethyl adjacent to an activating group) is 1. The highest BCUT2D eigenvalue weighted by molar-refractivity contribution is 5.61. The summed E-state index contributed by atoms with van der Waals surface area (Å²) in [6, 6.07) is 10.6. The van der Waals surface area contributed by atoms with Crippen molar-refractivity contribution in [3.8, 4) is 11.3 Å². The first-order valence-corrected chi connectivity index (χ1v) is 9.93. The smallest absolute Gasteiger partial charge is 0.0956 e. The number of imidazole rings is 1. The molecular weight excluding hydrogens is 320 g/mol. The second-order valence-corrected chi connectivity index (χ2v) is 7.16. The largest absolute Gasteiger partial charge is 0.333 e. The quantitative estimate of drug-likeness (QED) is 0.677. The van der Waals surface area contributed by atoms with E-state index in [1.165, 1.54) is 37.4 Å². The van der Waals surface area contributed by atoms with Crippen molar-refractivity contribution < 1.29 is 0 Å². The molecule has 0 bridgehead atoms. The van der Waals surface area contributed by atoms with Gasteiger partial charge >= 0.3 is 0 Å². The number of hydrogen-bond acceptors (Lipinski definition) is 3. The zero-order valence-electron chi connectivity index (χ0n) is 16.3. The SMILES string of the molecule is CC/C=C\CCc1c(-c2ccccc2)ncn1CCN1CCN(C)CC1. The third kappa shape index (κ3) is 5.05. The van der Waals surface area contributed by atoms with Gasteiger partial charge in [-0.25, -0.2) is 4.98 Å². The van der Waals surface area contributed by atoms with Gasteiger partial charge in [0.25, 0.3) is 0 Å². The van der Waals surface area contributed by atoms with Gasteiger partial charge in [-0.2, -0.15) is 0 Å². The van der Waals surface area contributed by atoms with E-state index < -0.39 is 0 Å². The second-order valence-electron chi connectivity index (χ2n) is 7.16. The average Bonchev–Trinajstić information content (AvgIpc) is 3.08. The molecule has 0 amide bonds. The third-order valence-electron chi connectivity index (χ3n) is 5.20. The molecule has 0 spiro atoms. The normalized spacial score (nSPS) is 16.5. The Kier molecular flexibility index (Phi) is 7.04. The van der Waals surface area contributed by atoms with Crippen LogP contribution in [0.4, 0.5) is 0 Å². The van der Waals surface area contributed by atoms with E-state index in [0.717, 1.165) is 38.0 Å². The summed E-state index contributed by atoms with van der Waals surface area (Å²) in [6.45, 7) is 9.01. The summed E-state index contributed by atoms with van der Waals surface area (Å²) in [7, 11) is 2.21. The van der Waals surface area contributed by atoms with Crippen LogP contribution in [0.3, 0.4) is 0 Å². The summed E-state index contributed by atoms with van der Waals surface area (Å²) in [5, 5.41) is 0. The molecule has 1 aromatic heterocycles. The van der Waals surface area contributed by atoms with Crippen LogP contribution in [0.1, 0.15) is 25.5 Å². The Labute approximate surface area is 158 Å². The number of hydrogen-bond donors (Lipinski definition) is 0. The van der Waals surface area contributed by atoms with Crippen molar-refractivity contribution in [2.75, 3.05) is 39.8 Å². The first-order valence-electron chi connectivity index (χ1n) is 9.93. The molecule has 140 valence electrons. The number of rotatable bonds is 8. The van der Waals surface area contributed by atoms with E-state index in [1.54, 1.807) is 0 Å². The fraction of sp³-hybridized carbons (Fsp3) is 0.500. The fourth-order valence-corrected chi connectivity index (χ4v) is 3.52. The number of allylic oxidation sites excluding steroid dienone is 2. The van der Waals surface area contributed by atoms with Gasteiger partial charge in [0, 0.05) is 50.5 Å². The molecule has 1 aromatic carbocycles. The highest BCUT2D eigenvalue weighted by atomic mass is 15.3. The van der Waals surface area contributed by atoms with Gasteiger partial charge in [0.1, 0.15) is 0 Å². The first-order chi connectivity index (χ1) is 12.8. The van der Waals surface area contributed by atoms with Crippen molar-refractivity contribution in [1.29, 1.82) is 0 Å². The number of nitrogens with zero attached hydrogens (tertiary/aromatic N) is 4. The molecule has 0 saturated carbocycles. The second kappa shape index (κ2) is 9.70. The molecule has 0 aliphatic carbocycles. The first kappa shape index (κ1) is 18.9. The lowest BCUT2D eigenvalue weighted by Gasteiger charge is -2.32. The Morgan fingerprint density at radius 2 is 1.77 bits per heavy atom. The van der Waals surface area contributed by atoms with Crippen LogP contribution in [0.5, 0.6) is 0 Å². The lowest BCUT2D eigenvalue weighted by molar-refractivity contribution is 0.150. The summed E-state index contributed by atoms with van der Waals surface area (Å²) >= 11 is 0. The molecule has 4 nitrogen and oxygen atoms in total. The van der Waals surface area contributed by atoms with Crippen molar-refractivity contribution in [2.24, 2.45) is 0 Å². The molecule has 1 aliphatic rings. The summed E-state index contributed by atoms with van der Waals surface area (Å²) in [4.78, 5) is 9.76. The predicted molar refractivity (Wildman–Crippen MR) is 109 cm³/mol. The van der Waals surface area contributed by atoms with Gasteiger partial charge in [0.05, 0.1) is 12.0 Å². The Bertz CT molecular complexity index is 681. The van der Waals surface area contributed by atoms with E-state index >= 15 is 0 Å². The van der Waals surface area contributed by atoms with Crippen LogP contribution in [0.2, 0.25) is 0 Å². The summed E-state index contributed by atoms with van der Waals surface area (Å²) in [6.07, 6.45) is 9.82. The minimum absolute atomic E-state index is 1.02. The Balaban J connectivity index is 1.71. The van der Waals surface area contributed by atoms with E-state index in [2.05, 4.69) is 70.8 Å². The summed E-state index contributed by atoms with van der Waals surface area (Å²) in [5.41, 5.74) is 3.74. The van der Waals surface area contributed by atoms with Gasteiger partial charge in [0.2, 0.25) is 0 Å². The van der Waals surface area contributed by atoms with Crippen molar-refractivity contribution in [3.05, 3.63) is 54.5 Å². The van der Waals surface area contributed by atoms with Crippen molar-refractivity contribution >= 4 is 0 Å². The molecule has 1 aliphatic heterocycles. The molecule has 1 fully saturated rings. The molecule has 0 unspecified atom stereocenters. The van der Waals surface area contributed by atoms with Gasteiger partial charge in [-0.05, 0) is 26.3 Å². The molecule has 2 aromatic rings. The highest BCUT2D eigenvalue weighted by Gasteiger charge is 2.16. The van der Waals surface area contributed by atoms with Crippen LogP contribution < -0.4 is 0 Å². The van der Waals surface area contributed by atoms with Crippen LogP contribution in [-0.4, -0.2) is 59.1 Å². The van der Waals surface area contributed by atoms with Gasteiger partial charge in [0.15, 0.2) is 0 Å². The van der Waals surface area contributed by atoms with E-state index in [9.17, 15) is 0 Å². The van der Waals surface area contributed by atoms with Crippen LogP contribution >= 0.6 is 0 Å². The molecule has 0 radical (unpaired) electrons. The Hall–Kier alpha value is -1.91. The third-order valence-corrected chi connectivity index (χ3v) is 5.20. The molecule has 1 saturated heterocycles. The van der Waals surface area contributed by atoms with E-state index in [4.69, 9.17) is 4.98 Å². The van der Waals surface area contributed by atoms with E-state index in [-0.39, 0.29) is 0 Å². The number of benzene rings is 1. The summed E-state index contributed by atoms with van der Waals surface area (Å²) in [5.74, 6) is 0. The molecule has 0 N–H and O–H groups in total. The van der Waals surface area contributed by atoms with Crippen LogP contribution in [0.15, 0.2) is 48.8 Å². The van der Waals surface area contributed by atoms with E-state index in [0.29, 0.717) is 0 Å². The standard InChI is InChI=1S/C22H32N4/c1-3-4-5-9-12-21-22(20-10-7-6-8-11-20)23-19-26(21)18-17-25-15-13-24(2)14-16-25/h4-8,10-11,19H,3,9,12-18H2,1-2H3/b5-4-. The van der Waals surface area contributed by atoms with Crippen LogP contribution in [0.25, 0.3) is 11.3 Å². The minimum atomic E-state index is 1.02. The summed E-state index contributed by atoms with van der Waals surface area (Å²) < 4.78 is 2.38. The molecule has 4 heteroatoms. The van der Waals surface area contributed by atoms with Gasteiger partial charge in [-0.3, -0.25) is 4.90 Å². The van der Waals surface area contributed by atoms with Crippen molar-refractivity contribution in [3.63, 3.8) is 0 Å². The zero-order valence-corrected chi connectivity index (χ0v) is 16.3.